The van der Waals surface area contributed by atoms with Crippen molar-refractivity contribution in [3.05, 3.63) is 34.6 Å². The fourth-order valence-corrected chi connectivity index (χ4v) is 3.29. The van der Waals surface area contributed by atoms with Crippen LogP contribution in [0.25, 0.3) is 0 Å². The highest BCUT2D eigenvalue weighted by molar-refractivity contribution is 7.99. The van der Waals surface area contributed by atoms with Crippen LogP contribution in [-0.2, 0) is 5.75 Å². The zero-order valence-electron chi connectivity index (χ0n) is 9.09. The summed E-state index contributed by atoms with van der Waals surface area (Å²) in [6.07, 6.45) is 0.931. The van der Waals surface area contributed by atoms with Gasteiger partial charge < -0.3 is 5.73 Å². The molecule has 0 bridgehead atoms. The summed E-state index contributed by atoms with van der Waals surface area (Å²) in [5, 5.41) is 0.551. The molecule has 15 heavy (non-hydrogen) atoms. The van der Waals surface area contributed by atoms with Crippen LogP contribution in [0.3, 0.4) is 0 Å². The van der Waals surface area contributed by atoms with Crippen molar-refractivity contribution in [1.82, 2.24) is 0 Å². The second kappa shape index (κ2) is 4.14. The lowest BCUT2D eigenvalue weighted by Crippen LogP contribution is -2.14. The third-order valence-corrected chi connectivity index (χ3v) is 4.19. The molecule has 1 nitrogen and oxygen atoms in total. The Morgan fingerprint density at radius 3 is 2.93 bits per heavy atom. The van der Waals surface area contributed by atoms with Gasteiger partial charge in [-0.15, -0.1) is 0 Å². The zero-order valence-corrected chi connectivity index (χ0v) is 9.90. The van der Waals surface area contributed by atoms with Gasteiger partial charge in [-0.05, 0) is 42.2 Å². The Hall–Kier alpha value is -0.540. The Balaban J connectivity index is 2.48. The highest BCUT2D eigenvalue weighted by Crippen LogP contribution is 2.35. The number of hydrogen-bond donors (Lipinski definition) is 1. The molecule has 1 aliphatic heterocycles. The Kier molecular flexibility index (Phi) is 3.03. The molecular weight excluding hydrogens is 209 g/mol. The molecule has 0 aromatic heterocycles. The third-order valence-electron chi connectivity index (χ3n) is 2.97. The Morgan fingerprint density at radius 2 is 2.20 bits per heavy atom. The van der Waals surface area contributed by atoms with E-state index in [1.807, 2.05) is 18.7 Å². The number of nitrogens with two attached hydrogens (primary N) is 1. The SMILES string of the molecule is Cc1cc(F)cc2c1CSC(C)CC2N. The third kappa shape index (κ3) is 2.18. The number of aryl methyl sites for hydroxylation is 1. The molecule has 0 aliphatic carbocycles. The average molecular weight is 225 g/mol. The number of benzene rings is 1. The van der Waals surface area contributed by atoms with Gasteiger partial charge in [0.05, 0.1) is 0 Å². The maximum atomic E-state index is 13.3. The molecule has 2 rings (SSSR count). The van der Waals surface area contributed by atoms with Crippen molar-refractivity contribution in [1.29, 1.82) is 0 Å². The van der Waals surface area contributed by atoms with E-state index in [1.165, 1.54) is 5.56 Å². The van der Waals surface area contributed by atoms with Crippen molar-refractivity contribution >= 4 is 11.8 Å². The van der Waals surface area contributed by atoms with Gasteiger partial charge in [-0.2, -0.15) is 11.8 Å². The summed E-state index contributed by atoms with van der Waals surface area (Å²) in [4.78, 5) is 0. The first kappa shape index (κ1) is 11.0. The minimum absolute atomic E-state index is 0.0144. The standard InChI is InChI=1S/C12H16FNS/c1-7-3-9(13)5-10-11(7)6-15-8(2)4-12(10)14/h3,5,8,12H,4,6,14H2,1-2H3. The maximum absolute atomic E-state index is 13.3. The number of thioether (sulfide) groups is 1. The van der Waals surface area contributed by atoms with Crippen LogP contribution in [0.5, 0.6) is 0 Å². The van der Waals surface area contributed by atoms with Crippen LogP contribution >= 0.6 is 11.8 Å². The second-order valence-electron chi connectivity index (χ2n) is 4.25. The molecule has 0 fully saturated rings. The van der Waals surface area contributed by atoms with E-state index in [0.717, 1.165) is 23.3 Å². The van der Waals surface area contributed by atoms with Crippen LogP contribution in [0.1, 0.15) is 36.1 Å². The van der Waals surface area contributed by atoms with Gasteiger partial charge in [0, 0.05) is 17.0 Å². The number of rotatable bonds is 0. The summed E-state index contributed by atoms with van der Waals surface area (Å²) in [6, 6.07) is 3.19. The van der Waals surface area contributed by atoms with Gasteiger partial charge in [-0.1, -0.05) is 6.92 Å². The van der Waals surface area contributed by atoms with Crippen LogP contribution in [0.2, 0.25) is 0 Å². The molecule has 0 saturated carbocycles. The maximum Gasteiger partial charge on any atom is 0.123 e. The Bertz CT molecular complexity index is 378. The highest BCUT2D eigenvalue weighted by Gasteiger charge is 2.21. The van der Waals surface area contributed by atoms with E-state index in [0.29, 0.717) is 5.25 Å². The van der Waals surface area contributed by atoms with E-state index < -0.39 is 0 Å². The van der Waals surface area contributed by atoms with Gasteiger partial charge >= 0.3 is 0 Å². The predicted molar refractivity (Wildman–Crippen MR) is 63.4 cm³/mol. The number of fused-ring (bicyclic) bond motifs is 1. The summed E-state index contributed by atoms with van der Waals surface area (Å²) in [5.74, 6) is 0.789. The van der Waals surface area contributed by atoms with Gasteiger partial charge in [0.15, 0.2) is 0 Å². The molecule has 3 heteroatoms. The largest absolute Gasteiger partial charge is 0.324 e. The van der Waals surface area contributed by atoms with Crippen molar-refractivity contribution in [2.45, 2.75) is 37.3 Å². The van der Waals surface area contributed by atoms with Gasteiger partial charge in [0.1, 0.15) is 5.82 Å². The molecule has 1 heterocycles. The molecule has 2 unspecified atom stereocenters. The Labute approximate surface area is 94.2 Å². The van der Waals surface area contributed by atoms with Crippen molar-refractivity contribution in [2.75, 3.05) is 0 Å². The Morgan fingerprint density at radius 1 is 1.47 bits per heavy atom. The minimum Gasteiger partial charge on any atom is -0.324 e. The zero-order chi connectivity index (χ0) is 11.0. The molecule has 0 saturated heterocycles. The summed E-state index contributed by atoms with van der Waals surface area (Å²) < 4.78 is 13.3. The molecule has 1 aliphatic rings. The second-order valence-corrected chi connectivity index (χ2v) is 5.68. The quantitative estimate of drug-likeness (QED) is 0.734. The first-order valence-corrected chi connectivity index (χ1v) is 6.29. The molecule has 0 amide bonds. The van der Waals surface area contributed by atoms with E-state index in [4.69, 9.17) is 5.73 Å². The lowest BCUT2D eigenvalue weighted by molar-refractivity contribution is 0.607. The summed E-state index contributed by atoms with van der Waals surface area (Å²) in [7, 11) is 0. The monoisotopic (exact) mass is 225 g/mol. The minimum atomic E-state index is -0.166. The van der Waals surface area contributed by atoms with Crippen LogP contribution < -0.4 is 5.73 Å². The first-order valence-electron chi connectivity index (χ1n) is 5.24. The van der Waals surface area contributed by atoms with E-state index in [1.54, 1.807) is 12.1 Å². The van der Waals surface area contributed by atoms with Crippen molar-refractivity contribution < 1.29 is 4.39 Å². The van der Waals surface area contributed by atoms with Gasteiger partial charge in [-0.3, -0.25) is 0 Å². The lowest BCUT2D eigenvalue weighted by Gasteiger charge is -2.15. The van der Waals surface area contributed by atoms with Gasteiger partial charge in [0.2, 0.25) is 0 Å². The first-order chi connectivity index (χ1) is 7.08. The summed E-state index contributed by atoms with van der Waals surface area (Å²) in [5.41, 5.74) is 9.36. The normalized spacial score (nSPS) is 25.9. The molecule has 2 atom stereocenters. The van der Waals surface area contributed by atoms with Crippen LogP contribution in [0, 0.1) is 12.7 Å². The van der Waals surface area contributed by atoms with Crippen LogP contribution in [0.15, 0.2) is 12.1 Å². The predicted octanol–water partition coefficient (Wildman–Crippen LogP) is 3.16. The fourth-order valence-electron chi connectivity index (χ4n) is 2.11. The molecule has 0 radical (unpaired) electrons. The smallest absolute Gasteiger partial charge is 0.123 e. The average Bonchev–Trinajstić information content (AvgIpc) is 2.27. The van der Waals surface area contributed by atoms with Crippen molar-refractivity contribution in [2.24, 2.45) is 5.73 Å². The van der Waals surface area contributed by atoms with Crippen LogP contribution in [0.4, 0.5) is 4.39 Å². The topological polar surface area (TPSA) is 26.0 Å². The molecule has 1 aromatic rings. The summed E-state index contributed by atoms with van der Waals surface area (Å²) in [6.45, 7) is 4.15. The van der Waals surface area contributed by atoms with E-state index in [9.17, 15) is 4.39 Å². The number of halogens is 1. The molecular formula is C12H16FNS. The van der Waals surface area contributed by atoms with Gasteiger partial charge in [0.25, 0.3) is 0 Å². The molecule has 1 aromatic carbocycles. The van der Waals surface area contributed by atoms with E-state index in [-0.39, 0.29) is 11.9 Å². The molecule has 0 spiro atoms. The number of hydrogen-bond acceptors (Lipinski definition) is 2. The van der Waals surface area contributed by atoms with Gasteiger partial charge in [-0.25, -0.2) is 4.39 Å². The van der Waals surface area contributed by atoms with Crippen molar-refractivity contribution in [3.8, 4) is 0 Å². The van der Waals surface area contributed by atoms with Crippen LogP contribution in [-0.4, -0.2) is 5.25 Å². The molecule has 2 N–H and O–H groups in total. The lowest BCUT2D eigenvalue weighted by atomic mass is 9.95. The summed E-state index contributed by atoms with van der Waals surface area (Å²) >= 11 is 1.90. The fraction of sp³-hybridized carbons (Fsp3) is 0.500. The van der Waals surface area contributed by atoms with E-state index >= 15 is 0 Å². The van der Waals surface area contributed by atoms with E-state index in [2.05, 4.69) is 6.92 Å². The highest BCUT2D eigenvalue weighted by atomic mass is 32.2. The molecule has 82 valence electrons. The van der Waals surface area contributed by atoms with Crippen molar-refractivity contribution in [3.63, 3.8) is 0 Å².